The first-order valence-electron chi connectivity index (χ1n) is 14.0. The van der Waals surface area contributed by atoms with Gasteiger partial charge in [0.2, 0.25) is 0 Å². The molecule has 4 heterocycles. The number of aromatic nitrogens is 3. The molecule has 4 heteroatoms. The van der Waals surface area contributed by atoms with Crippen LogP contribution in [0.4, 0.5) is 0 Å². The molecule has 41 heavy (non-hydrogen) atoms. The average Bonchev–Trinajstić information content (AvgIpc) is 3.62. The molecule has 0 saturated heterocycles. The number of benzene rings is 4. The smallest absolute Gasteiger partial charge is 0.135 e. The van der Waals surface area contributed by atoms with Crippen LogP contribution in [0.15, 0.2) is 120 Å². The lowest BCUT2D eigenvalue weighted by molar-refractivity contribution is 0.660. The van der Waals surface area contributed by atoms with Crippen molar-refractivity contribution in [1.82, 2.24) is 14.5 Å². The van der Waals surface area contributed by atoms with E-state index in [0.29, 0.717) is 0 Å². The van der Waals surface area contributed by atoms with Gasteiger partial charge in [-0.2, -0.15) is 0 Å². The number of rotatable bonds is 2. The number of pyridine rings is 2. The molecule has 0 bridgehead atoms. The normalized spacial score (nSPS) is 13.8. The van der Waals surface area contributed by atoms with E-state index in [-0.39, 0.29) is 5.41 Å². The molecule has 4 aromatic carbocycles. The van der Waals surface area contributed by atoms with Crippen molar-refractivity contribution in [3.8, 4) is 27.9 Å². The van der Waals surface area contributed by atoms with Crippen molar-refractivity contribution in [3.05, 3.63) is 127 Å². The van der Waals surface area contributed by atoms with Gasteiger partial charge in [-0.1, -0.05) is 56.3 Å². The standard InChI is InChI=1S/C37H25N3O/c1-37(2)29-14-11-22(23-12-16-34-28(20-23)25-7-3-4-10-33(25)41-34)19-26(29)27-21-24(13-15-30(27)37)40-31-8-5-17-38-35(31)36-32(40)9-6-18-39-36/h3-21H,1-2H3. The molecule has 1 aliphatic rings. The Morgan fingerprint density at radius 3 is 2.00 bits per heavy atom. The van der Waals surface area contributed by atoms with Crippen LogP contribution in [0.5, 0.6) is 0 Å². The van der Waals surface area contributed by atoms with Crippen LogP contribution in [-0.2, 0) is 5.41 Å². The molecule has 0 saturated carbocycles. The second-order valence-corrected chi connectivity index (χ2v) is 11.5. The summed E-state index contributed by atoms with van der Waals surface area (Å²) in [5.74, 6) is 0. The van der Waals surface area contributed by atoms with E-state index in [9.17, 15) is 0 Å². The van der Waals surface area contributed by atoms with Crippen LogP contribution in [0.25, 0.3) is 71.9 Å². The molecule has 0 fully saturated rings. The predicted molar refractivity (Wildman–Crippen MR) is 167 cm³/mol. The van der Waals surface area contributed by atoms with Gasteiger partial charge in [-0.05, 0) is 94.0 Å². The van der Waals surface area contributed by atoms with Gasteiger partial charge in [0.25, 0.3) is 0 Å². The first-order chi connectivity index (χ1) is 20.1. The van der Waals surface area contributed by atoms with E-state index < -0.39 is 0 Å². The lowest BCUT2D eigenvalue weighted by atomic mass is 9.82. The largest absolute Gasteiger partial charge is 0.456 e. The fraction of sp³-hybridized carbons (Fsp3) is 0.0811. The monoisotopic (exact) mass is 527 g/mol. The fourth-order valence-corrected chi connectivity index (χ4v) is 6.91. The van der Waals surface area contributed by atoms with Gasteiger partial charge in [-0.3, -0.25) is 9.97 Å². The van der Waals surface area contributed by atoms with Gasteiger partial charge >= 0.3 is 0 Å². The summed E-state index contributed by atoms with van der Waals surface area (Å²) in [6, 6.07) is 36.9. The number of furan rings is 1. The SMILES string of the molecule is CC1(C)c2ccc(-c3ccc4oc5ccccc5c4c3)cc2-c2cc(-n3c4cccnc4c4ncccc43)ccc21. The summed E-state index contributed by atoms with van der Waals surface area (Å²) < 4.78 is 8.38. The van der Waals surface area contributed by atoms with E-state index >= 15 is 0 Å². The van der Waals surface area contributed by atoms with Crippen molar-refractivity contribution in [1.29, 1.82) is 0 Å². The summed E-state index contributed by atoms with van der Waals surface area (Å²) in [5.41, 5.74) is 14.5. The lowest BCUT2D eigenvalue weighted by Gasteiger charge is -2.21. The highest BCUT2D eigenvalue weighted by Crippen LogP contribution is 2.50. The Labute approximate surface area is 236 Å². The molecule has 194 valence electrons. The van der Waals surface area contributed by atoms with Crippen LogP contribution in [0.3, 0.4) is 0 Å². The van der Waals surface area contributed by atoms with Crippen LogP contribution >= 0.6 is 0 Å². The number of fused-ring (bicyclic) bond motifs is 9. The quantitative estimate of drug-likeness (QED) is 0.225. The van der Waals surface area contributed by atoms with Gasteiger partial charge in [0, 0.05) is 34.3 Å². The second-order valence-electron chi connectivity index (χ2n) is 11.5. The summed E-state index contributed by atoms with van der Waals surface area (Å²) in [6.45, 7) is 4.66. The highest BCUT2D eigenvalue weighted by atomic mass is 16.3. The van der Waals surface area contributed by atoms with E-state index in [1.54, 1.807) is 0 Å². The van der Waals surface area contributed by atoms with Crippen molar-refractivity contribution in [2.75, 3.05) is 0 Å². The molecule has 0 N–H and O–H groups in total. The van der Waals surface area contributed by atoms with Crippen molar-refractivity contribution >= 4 is 44.0 Å². The van der Waals surface area contributed by atoms with Gasteiger partial charge < -0.3 is 8.98 Å². The Hall–Kier alpha value is -5.22. The molecule has 0 radical (unpaired) electrons. The zero-order valence-corrected chi connectivity index (χ0v) is 22.7. The van der Waals surface area contributed by atoms with Gasteiger partial charge in [0.05, 0.1) is 11.0 Å². The Balaban J connectivity index is 1.25. The third kappa shape index (κ3) is 3.05. The van der Waals surface area contributed by atoms with Crippen LogP contribution in [0.2, 0.25) is 0 Å². The molecule has 4 nitrogen and oxygen atoms in total. The third-order valence-corrected chi connectivity index (χ3v) is 8.91. The van der Waals surface area contributed by atoms with Crippen LogP contribution in [-0.4, -0.2) is 14.5 Å². The Morgan fingerprint density at radius 2 is 1.22 bits per heavy atom. The van der Waals surface area contributed by atoms with E-state index in [4.69, 9.17) is 4.42 Å². The summed E-state index contributed by atoms with van der Waals surface area (Å²) in [5, 5.41) is 2.30. The minimum absolute atomic E-state index is 0.0869. The Bertz CT molecular complexity index is 2300. The van der Waals surface area contributed by atoms with Gasteiger partial charge in [-0.15, -0.1) is 0 Å². The maximum Gasteiger partial charge on any atom is 0.135 e. The van der Waals surface area contributed by atoms with Crippen molar-refractivity contribution in [2.24, 2.45) is 0 Å². The molecule has 9 rings (SSSR count). The molecule has 0 atom stereocenters. The molecule has 8 aromatic rings. The summed E-state index contributed by atoms with van der Waals surface area (Å²) in [7, 11) is 0. The molecular formula is C37H25N3O. The topological polar surface area (TPSA) is 43.9 Å². The van der Waals surface area contributed by atoms with E-state index in [1.807, 2.05) is 36.7 Å². The minimum Gasteiger partial charge on any atom is -0.456 e. The zero-order valence-electron chi connectivity index (χ0n) is 22.7. The molecule has 1 aliphatic carbocycles. The highest BCUT2D eigenvalue weighted by Gasteiger charge is 2.36. The average molecular weight is 528 g/mol. The second kappa shape index (κ2) is 7.92. The molecule has 0 spiro atoms. The van der Waals surface area contributed by atoms with E-state index in [0.717, 1.165) is 49.7 Å². The van der Waals surface area contributed by atoms with Gasteiger partial charge in [-0.25, -0.2) is 0 Å². The van der Waals surface area contributed by atoms with E-state index in [2.05, 4.69) is 107 Å². The zero-order chi connectivity index (χ0) is 27.3. The molecule has 0 amide bonds. The number of hydrogen-bond acceptors (Lipinski definition) is 3. The van der Waals surface area contributed by atoms with Crippen LogP contribution in [0, 0.1) is 0 Å². The van der Waals surface area contributed by atoms with Gasteiger partial charge in [0.15, 0.2) is 0 Å². The van der Waals surface area contributed by atoms with Crippen LogP contribution < -0.4 is 0 Å². The third-order valence-electron chi connectivity index (χ3n) is 8.91. The molecular weight excluding hydrogens is 502 g/mol. The number of nitrogens with zero attached hydrogens (tertiary/aromatic N) is 3. The lowest BCUT2D eigenvalue weighted by Crippen LogP contribution is -2.14. The minimum atomic E-state index is -0.0869. The highest BCUT2D eigenvalue weighted by molar-refractivity contribution is 6.07. The van der Waals surface area contributed by atoms with Crippen molar-refractivity contribution in [3.63, 3.8) is 0 Å². The fourth-order valence-electron chi connectivity index (χ4n) is 6.91. The van der Waals surface area contributed by atoms with Crippen molar-refractivity contribution in [2.45, 2.75) is 19.3 Å². The summed E-state index contributed by atoms with van der Waals surface area (Å²) in [4.78, 5) is 9.36. The maximum atomic E-state index is 6.09. The van der Waals surface area contributed by atoms with Crippen LogP contribution in [0.1, 0.15) is 25.0 Å². The Morgan fingerprint density at radius 1 is 0.585 bits per heavy atom. The predicted octanol–water partition coefficient (Wildman–Crippen LogP) is 9.45. The molecule has 0 aliphatic heterocycles. The number of hydrogen-bond donors (Lipinski definition) is 0. The van der Waals surface area contributed by atoms with Crippen molar-refractivity contribution < 1.29 is 4.42 Å². The Kier molecular flexibility index (Phi) is 4.36. The van der Waals surface area contributed by atoms with E-state index in [1.165, 1.54) is 33.4 Å². The summed E-state index contributed by atoms with van der Waals surface area (Å²) >= 11 is 0. The summed E-state index contributed by atoms with van der Waals surface area (Å²) in [6.07, 6.45) is 3.68. The molecule has 4 aromatic heterocycles. The maximum absolute atomic E-state index is 6.09. The first-order valence-corrected chi connectivity index (χ1v) is 14.0. The first kappa shape index (κ1) is 22.6. The van der Waals surface area contributed by atoms with Gasteiger partial charge in [0.1, 0.15) is 22.2 Å². The number of para-hydroxylation sites is 1. The molecule has 0 unspecified atom stereocenters.